The third kappa shape index (κ3) is 2.88. The largest absolute Gasteiger partial charge is 0.481 e. The Bertz CT molecular complexity index is 413. The molecule has 16 heavy (non-hydrogen) atoms. The molecule has 0 aliphatic carbocycles. The van der Waals surface area contributed by atoms with Crippen molar-refractivity contribution in [2.75, 3.05) is 5.73 Å². The van der Waals surface area contributed by atoms with Crippen LogP contribution in [-0.4, -0.2) is 16.1 Å². The number of nitrogen functional groups attached to an aromatic ring is 1. The minimum Gasteiger partial charge on any atom is -0.481 e. The minimum absolute atomic E-state index is 0.159. The maximum atomic E-state index is 12.6. The van der Waals surface area contributed by atoms with E-state index in [-0.39, 0.29) is 16.6 Å². The van der Waals surface area contributed by atoms with Crippen LogP contribution < -0.4 is 5.73 Å². The molecule has 1 rings (SSSR count). The van der Waals surface area contributed by atoms with Crippen molar-refractivity contribution in [3.63, 3.8) is 0 Å². The zero-order valence-electron chi connectivity index (χ0n) is 8.08. The summed E-state index contributed by atoms with van der Waals surface area (Å²) in [7, 11) is 0. The van der Waals surface area contributed by atoms with Crippen molar-refractivity contribution in [1.29, 1.82) is 0 Å². The normalized spacial score (nSPS) is 10.8. The Balaban J connectivity index is 3.25. The van der Waals surface area contributed by atoms with Gasteiger partial charge in [0.25, 0.3) is 6.43 Å². The molecule has 0 spiro atoms. The van der Waals surface area contributed by atoms with Crippen molar-refractivity contribution in [2.24, 2.45) is 0 Å². The number of halogens is 3. The number of alkyl halides is 3. The summed E-state index contributed by atoms with van der Waals surface area (Å²) in [4.78, 5) is 14.2. The molecular weight excluding hydrogens is 286 g/mol. The van der Waals surface area contributed by atoms with Crippen LogP contribution in [0.4, 0.5) is 14.5 Å². The van der Waals surface area contributed by atoms with E-state index >= 15 is 0 Å². The lowest BCUT2D eigenvalue weighted by atomic mass is 10.1. The number of pyridine rings is 1. The van der Waals surface area contributed by atoms with Crippen LogP contribution in [0, 0.1) is 0 Å². The van der Waals surface area contributed by atoms with Gasteiger partial charge < -0.3 is 10.8 Å². The van der Waals surface area contributed by atoms with Gasteiger partial charge in [0.1, 0.15) is 5.69 Å². The van der Waals surface area contributed by atoms with E-state index in [9.17, 15) is 13.6 Å². The van der Waals surface area contributed by atoms with E-state index in [1.54, 1.807) is 0 Å². The molecule has 0 unspecified atom stereocenters. The number of carbonyl (C=O) groups is 1. The lowest BCUT2D eigenvalue weighted by Gasteiger charge is -2.10. The number of anilines is 1. The van der Waals surface area contributed by atoms with Gasteiger partial charge in [0, 0.05) is 5.33 Å². The third-order valence-electron chi connectivity index (χ3n) is 1.91. The Labute approximate surface area is 98.6 Å². The molecular formula is C9H9BrF2N2O2. The van der Waals surface area contributed by atoms with Gasteiger partial charge in [-0.2, -0.15) is 0 Å². The maximum Gasteiger partial charge on any atom is 0.307 e. The standard InChI is InChI=1S/C9H9BrF2N2O2/c10-3-5-1-4(2-6(15)16)7(13)8(14-5)9(11)12/h1,9H,2-3,13H2,(H,15,16). The summed E-state index contributed by atoms with van der Waals surface area (Å²) < 4.78 is 25.1. The van der Waals surface area contributed by atoms with Crippen molar-refractivity contribution in [1.82, 2.24) is 4.98 Å². The first kappa shape index (κ1) is 12.8. The van der Waals surface area contributed by atoms with E-state index < -0.39 is 24.5 Å². The van der Waals surface area contributed by atoms with E-state index in [1.165, 1.54) is 6.07 Å². The van der Waals surface area contributed by atoms with Gasteiger partial charge in [-0.25, -0.2) is 13.8 Å². The van der Waals surface area contributed by atoms with Crippen LogP contribution >= 0.6 is 15.9 Å². The summed E-state index contributed by atoms with van der Waals surface area (Å²) in [5.41, 5.74) is 5.12. The number of hydrogen-bond acceptors (Lipinski definition) is 3. The molecule has 0 radical (unpaired) electrons. The van der Waals surface area contributed by atoms with E-state index in [0.29, 0.717) is 5.69 Å². The van der Waals surface area contributed by atoms with Crippen molar-refractivity contribution in [2.45, 2.75) is 18.2 Å². The number of nitrogens with zero attached hydrogens (tertiary/aromatic N) is 1. The molecule has 1 aromatic heterocycles. The molecule has 0 saturated heterocycles. The second-order valence-corrected chi connectivity index (χ2v) is 3.64. The molecule has 0 fully saturated rings. The highest BCUT2D eigenvalue weighted by molar-refractivity contribution is 9.08. The van der Waals surface area contributed by atoms with Gasteiger partial charge in [0.05, 0.1) is 17.8 Å². The van der Waals surface area contributed by atoms with Crippen LogP contribution in [0.5, 0.6) is 0 Å². The monoisotopic (exact) mass is 294 g/mol. The minimum atomic E-state index is -2.81. The predicted molar refractivity (Wildman–Crippen MR) is 57.6 cm³/mol. The maximum absolute atomic E-state index is 12.6. The molecule has 0 atom stereocenters. The van der Waals surface area contributed by atoms with Gasteiger partial charge in [-0.15, -0.1) is 0 Å². The van der Waals surface area contributed by atoms with Crippen LogP contribution in [0.3, 0.4) is 0 Å². The smallest absolute Gasteiger partial charge is 0.307 e. The average Bonchev–Trinajstić information content (AvgIpc) is 2.19. The molecule has 7 heteroatoms. The molecule has 0 amide bonds. The Morgan fingerprint density at radius 1 is 1.62 bits per heavy atom. The van der Waals surface area contributed by atoms with Crippen molar-refractivity contribution < 1.29 is 18.7 Å². The number of aliphatic carboxylic acids is 1. The predicted octanol–water partition coefficient (Wildman–Crippen LogP) is 2.12. The van der Waals surface area contributed by atoms with Crippen LogP contribution in [0.25, 0.3) is 0 Å². The van der Waals surface area contributed by atoms with Crippen LogP contribution in [0.15, 0.2) is 6.07 Å². The Morgan fingerprint density at radius 3 is 2.69 bits per heavy atom. The molecule has 0 aliphatic heterocycles. The fraction of sp³-hybridized carbons (Fsp3) is 0.333. The average molecular weight is 295 g/mol. The Hall–Kier alpha value is -1.24. The molecule has 0 aliphatic rings. The first-order valence-electron chi connectivity index (χ1n) is 4.29. The van der Waals surface area contributed by atoms with Crippen LogP contribution in [0.2, 0.25) is 0 Å². The third-order valence-corrected chi connectivity index (χ3v) is 2.49. The molecule has 88 valence electrons. The molecule has 3 N–H and O–H groups in total. The van der Waals surface area contributed by atoms with Gasteiger partial charge in [-0.3, -0.25) is 4.79 Å². The van der Waals surface area contributed by atoms with Gasteiger partial charge >= 0.3 is 5.97 Å². The van der Waals surface area contributed by atoms with E-state index in [2.05, 4.69) is 20.9 Å². The highest BCUT2D eigenvalue weighted by atomic mass is 79.9. The van der Waals surface area contributed by atoms with Gasteiger partial charge in [-0.1, -0.05) is 15.9 Å². The topological polar surface area (TPSA) is 76.2 Å². The summed E-state index contributed by atoms with van der Waals surface area (Å²) in [6, 6.07) is 1.41. The second-order valence-electron chi connectivity index (χ2n) is 3.08. The first-order chi connectivity index (χ1) is 7.45. The summed E-state index contributed by atoms with van der Waals surface area (Å²) >= 11 is 3.07. The zero-order chi connectivity index (χ0) is 12.3. The quantitative estimate of drug-likeness (QED) is 0.834. The molecule has 0 aromatic carbocycles. The van der Waals surface area contributed by atoms with Gasteiger partial charge in [0.2, 0.25) is 0 Å². The molecule has 0 bridgehead atoms. The van der Waals surface area contributed by atoms with Gasteiger partial charge in [-0.05, 0) is 11.6 Å². The Morgan fingerprint density at radius 2 is 2.25 bits per heavy atom. The van der Waals surface area contributed by atoms with E-state index in [0.717, 1.165) is 0 Å². The molecule has 4 nitrogen and oxygen atoms in total. The number of carboxylic acids is 1. The first-order valence-corrected chi connectivity index (χ1v) is 5.42. The van der Waals surface area contributed by atoms with Crippen LogP contribution in [-0.2, 0) is 16.5 Å². The SMILES string of the molecule is Nc1c(CC(=O)O)cc(CBr)nc1C(F)F. The van der Waals surface area contributed by atoms with E-state index in [1.807, 2.05) is 0 Å². The second kappa shape index (κ2) is 5.20. The van der Waals surface area contributed by atoms with Gasteiger partial charge in [0.15, 0.2) is 0 Å². The highest BCUT2D eigenvalue weighted by Gasteiger charge is 2.18. The summed E-state index contributed by atoms with van der Waals surface area (Å²) in [6.07, 6.45) is -3.21. The fourth-order valence-corrected chi connectivity index (χ4v) is 1.52. The number of hydrogen-bond donors (Lipinski definition) is 2. The fourth-order valence-electron chi connectivity index (χ4n) is 1.23. The summed E-state index contributed by atoms with van der Waals surface area (Å²) in [6.45, 7) is 0. The summed E-state index contributed by atoms with van der Waals surface area (Å²) in [5, 5.41) is 8.87. The van der Waals surface area contributed by atoms with Crippen molar-refractivity contribution in [3.05, 3.63) is 23.0 Å². The van der Waals surface area contributed by atoms with Crippen molar-refractivity contribution in [3.8, 4) is 0 Å². The van der Waals surface area contributed by atoms with Crippen LogP contribution in [0.1, 0.15) is 23.4 Å². The highest BCUT2D eigenvalue weighted by Crippen LogP contribution is 2.27. The zero-order valence-corrected chi connectivity index (χ0v) is 9.67. The number of aromatic nitrogens is 1. The number of rotatable bonds is 4. The lowest BCUT2D eigenvalue weighted by Crippen LogP contribution is -2.09. The molecule has 1 aromatic rings. The molecule has 1 heterocycles. The molecule has 0 saturated carbocycles. The number of nitrogens with two attached hydrogens (primary N) is 1. The lowest BCUT2D eigenvalue weighted by molar-refractivity contribution is -0.136. The van der Waals surface area contributed by atoms with E-state index in [4.69, 9.17) is 10.8 Å². The Kier molecular flexibility index (Phi) is 4.17. The van der Waals surface area contributed by atoms with Crippen molar-refractivity contribution >= 4 is 27.6 Å². The number of carboxylic acid groups (broad SMARTS) is 1. The summed E-state index contributed by atoms with van der Waals surface area (Å²) in [5.74, 6) is -1.13.